The summed E-state index contributed by atoms with van der Waals surface area (Å²) in [5, 5.41) is 0. The van der Waals surface area contributed by atoms with Crippen LogP contribution in [0.1, 0.15) is 34.6 Å². The van der Waals surface area contributed by atoms with Crippen LogP contribution in [0.15, 0.2) is 0 Å². The molecule has 0 spiro atoms. The lowest BCUT2D eigenvalue weighted by Crippen LogP contribution is -2.51. The molecule has 126 valence electrons. The molecule has 2 saturated heterocycles. The smallest absolute Gasteiger partial charge is 0.311 e. The van der Waals surface area contributed by atoms with E-state index in [1.807, 2.05) is 0 Å². The van der Waals surface area contributed by atoms with E-state index in [1.165, 1.54) is 7.11 Å². The SMILES string of the molecule is CO[C@H]1[C@H]2OC(C)(C)O[C@H]2O[C@@]1(C=O)COC(=O)C(C)(C)C. The molecule has 7 nitrogen and oxygen atoms in total. The third-order valence-electron chi connectivity index (χ3n) is 3.70. The Morgan fingerprint density at radius 1 is 1.23 bits per heavy atom. The van der Waals surface area contributed by atoms with E-state index < -0.39 is 41.3 Å². The largest absolute Gasteiger partial charge is 0.462 e. The maximum absolute atomic E-state index is 11.9. The van der Waals surface area contributed by atoms with Gasteiger partial charge in [-0.2, -0.15) is 0 Å². The number of hydrogen-bond donors (Lipinski definition) is 0. The Balaban J connectivity index is 2.14. The van der Waals surface area contributed by atoms with Gasteiger partial charge in [-0.3, -0.25) is 9.59 Å². The number of fused-ring (bicyclic) bond motifs is 1. The maximum Gasteiger partial charge on any atom is 0.311 e. The molecule has 2 aliphatic rings. The van der Waals surface area contributed by atoms with Gasteiger partial charge in [0.1, 0.15) is 18.8 Å². The van der Waals surface area contributed by atoms with Crippen molar-refractivity contribution >= 4 is 12.3 Å². The molecule has 4 atom stereocenters. The topological polar surface area (TPSA) is 80.3 Å². The highest BCUT2D eigenvalue weighted by Crippen LogP contribution is 2.43. The van der Waals surface area contributed by atoms with Gasteiger partial charge in [-0.15, -0.1) is 0 Å². The van der Waals surface area contributed by atoms with Crippen molar-refractivity contribution in [2.24, 2.45) is 5.41 Å². The third-order valence-corrected chi connectivity index (χ3v) is 3.70. The molecule has 0 saturated carbocycles. The van der Waals surface area contributed by atoms with E-state index in [9.17, 15) is 9.59 Å². The van der Waals surface area contributed by atoms with E-state index in [2.05, 4.69) is 0 Å². The van der Waals surface area contributed by atoms with Crippen molar-refractivity contribution in [2.75, 3.05) is 13.7 Å². The quantitative estimate of drug-likeness (QED) is 0.566. The van der Waals surface area contributed by atoms with Gasteiger partial charge in [0.2, 0.25) is 0 Å². The molecule has 0 aromatic carbocycles. The first kappa shape index (κ1) is 17.3. The predicted molar refractivity (Wildman–Crippen MR) is 74.9 cm³/mol. The van der Waals surface area contributed by atoms with Crippen LogP contribution in [0, 0.1) is 5.41 Å². The maximum atomic E-state index is 11.9. The second-order valence-corrected chi connectivity index (χ2v) is 7.14. The summed E-state index contributed by atoms with van der Waals surface area (Å²) in [7, 11) is 1.45. The number of hydrogen-bond acceptors (Lipinski definition) is 7. The van der Waals surface area contributed by atoms with Gasteiger partial charge in [0.15, 0.2) is 24.0 Å². The number of carbonyl (C=O) groups excluding carboxylic acids is 2. The zero-order valence-corrected chi connectivity index (χ0v) is 13.9. The van der Waals surface area contributed by atoms with Crippen LogP contribution >= 0.6 is 0 Å². The molecule has 0 radical (unpaired) electrons. The molecule has 0 N–H and O–H groups in total. The lowest BCUT2D eigenvalue weighted by atomic mass is 9.96. The van der Waals surface area contributed by atoms with E-state index in [-0.39, 0.29) is 6.61 Å². The molecule has 0 aliphatic carbocycles. The normalized spacial score (nSPS) is 36.9. The summed E-state index contributed by atoms with van der Waals surface area (Å²) >= 11 is 0. The van der Waals surface area contributed by atoms with E-state index in [1.54, 1.807) is 34.6 Å². The third kappa shape index (κ3) is 3.03. The lowest BCUT2D eigenvalue weighted by molar-refractivity contribution is -0.242. The minimum absolute atomic E-state index is 0.245. The minimum Gasteiger partial charge on any atom is -0.462 e. The summed E-state index contributed by atoms with van der Waals surface area (Å²) in [6, 6.07) is 0. The fourth-order valence-electron chi connectivity index (χ4n) is 2.59. The van der Waals surface area contributed by atoms with Gasteiger partial charge in [-0.05, 0) is 34.6 Å². The second kappa shape index (κ2) is 5.56. The Bertz CT molecular complexity index is 453. The molecule has 7 heteroatoms. The lowest BCUT2D eigenvalue weighted by Gasteiger charge is -2.31. The average molecular weight is 316 g/mol. The van der Waals surface area contributed by atoms with Gasteiger partial charge in [-0.25, -0.2) is 0 Å². The minimum atomic E-state index is -1.43. The average Bonchev–Trinajstić information content (AvgIpc) is 2.83. The predicted octanol–water partition coefficient (Wildman–Crippen LogP) is 1.04. The second-order valence-electron chi connectivity index (χ2n) is 7.14. The molecule has 2 heterocycles. The standard InChI is InChI=1S/C15H24O7/c1-13(2,3)12(17)19-8-15(7-16)10(18-6)9-11(22-15)21-14(4,5)20-9/h7,9-11H,8H2,1-6H3/t9-,10+,11+,15+/m1/s1. The Morgan fingerprint density at radius 2 is 1.86 bits per heavy atom. The van der Waals surface area contributed by atoms with Crippen LogP contribution in [0.3, 0.4) is 0 Å². The molecular formula is C15H24O7. The molecule has 2 rings (SSSR count). The summed E-state index contributed by atoms with van der Waals surface area (Å²) in [6.07, 6.45) is -1.42. The fourth-order valence-corrected chi connectivity index (χ4v) is 2.59. The number of ether oxygens (including phenoxy) is 5. The van der Waals surface area contributed by atoms with Crippen molar-refractivity contribution in [3.05, 3.63) is 0 Å². The molecule has 0 amide bonds. The van der Waals surface area contributed by atoms with Gasteiger partial charge < -0.3 is 23.7 Å². The number of carbonyl (C=O) groups is 2. The van der Waals surface area contributed by atoms with Crippen LogP contribution in [-0.4, -0.2) is 55.9 Å². The highest BCUT2D eigenvalue weighted by molar-refractivity contribution is 5.76. The Hall–Kier alpha value is -1.02. The number of rotatable bonds is 4. The van der Waals surface area contributed by atoms with Crippen molar-refractivity contribution in [3.8, 4) is 0 Å². The zero-order valence-electron chi connectivity index (χ0n) is 13.9. The zero-order chi connectivity index (χ0) is 16.8. The highest BCUT2D eigenvalue weighted by Gasteiger charge is 2.63. The van der Waals surface area contributed by atoms with Crippen LogP contribution in [-0.2, 0) is 33.3 Å². The number of methoxy groups -OCH3 is 1. The van der Waals surface area contributed by atoms with Crippen LogP contribution in [0.2, 0.25) is 0 Å². The summed E-state index contributed by atoms with van der Waals surface area (Å²) in [6.45, 7) is 8.46. The summed E-state index contributed by atoms with van der Waals surface area (Å²) in [4.78, 5) is 23.6. The van der Waals surface area contributed by atoms with Crippen molar-refractivity contribution in [1.29, 1.82) is 0 Å². The van der Waals surface area contributed by atoms with Gasteiger partial charge in [-0.1, -0.05) is 0 Å². The molecule has 2 fully saturated rings. The van der Waals surface area contributed by atoms with Crippen molar-refractivity contribution < 1.29 is 33.3 Å². The van der Waals surface area contributed by atoms with Crippen LogP contribution in [0.25, 0.3) is 0 Å². The first-order valence-corrected chi connectivity index (χ1v) is 7.24. The number of aldehydes is 1. The van der Waals surface area contributed by atoms with E-state index in [0.717, 1.165) is 0 Å². The van der Waals surface area contributed by atoms with Crippen LogP contribution in [0.4, 0.5) is 0 Å². The Kier molecular flexibility index (Phi) is 4.38. The van der Waals surface area contributed by atoms with Crippen molar-refractivity contribution in [3.63, 3.8) is 0 Å². The number of esters is 1. The van der Waals surface area contributed by atoms with Gasteiger partial charge >= 0.3 is 5.97 Å². The van der Waals surface area contributed by atoms with Crippen LogP contribution in [0.5, 0.6) is 0 Å². The molecule has 22 heavy (non-hydrogen) atoms. The Labute approximate surface area is 130 Å². The molecular weight excluding hydrogens is 292 g/mol. The van der Waals surface area contributed by atoms with E-state index >= 15 is 0 Å². The molecule has 0 unspecified atom stereocenters. The van der Waals surface area contributed by atoms with Gasteiger partial charge in [0.05, 0.1) is 5.41 Å². The molecule has 0 aromatic rings. The molecule has 0 bridgehead atoms. The highest BCUT2D eigenvalue weighted by atomic mass is 16.8. The van der Waals surface area contributed by atoms with Gasteiger partial charge in [0, 0.05) is 7.11 Å². The van der Waals surface area contributed by atoms with Crippen molar-refractivity contribution in [2.45, 2.75) is 64.5 Å². The molecule has 2 aliphatic heterocycles. The van der Waals surface area contributed by atoms with Crippen molar-refractivity contribution in [1.82, 2.24) is 0 Å². The fraction of sp³-hybridized carbons (Fsp3) is 0.867. The first-order valence-electron chi connectivity index (χ1n) is 7.24. The first-order chi connectivity index (χ1) is 10.0. The summed E-state index contributed by atoms with van der Waals surface area (Å²) in [5.41, 5.74) is -2.10. The monoisotopic (exact) mass is 316 g/mol. The van der Waals surface area contributed by atoms with E-state index in [4.69, 9.17) is 23.7 Å². The summed E-state index contributed by atoms with van der Waals surface area (Å²) < 4.78 is 27.7. The Morgan fingerprint density at radius 3 is 2.36 bits per heavy atom. The molecule has 0 aromatic heterocycles. The van der Waals surface area contributed by atoms with E-state index in [0.29, 0.717) is 6.29 Å². The summed E-state index contributed by atoms with van der Waals surface area (Å²) in [5.74, 6) is -1.24. The van der Waals surface area contributed by atoms with Crippen LogP contribution < -0.4 is 0 Å². The van der Waals surface area contributed by atoms with Gasteiger partial charge in [0.25, 0.3) is 0 Å².